The van der Waals surface area contributed by atoms with Crippen molar-refractivity contribution in [2.45, 2.75) is 19.5 Å². The molecule has 0 saturated carbocycles. The van der Waals surface area contributed by atoms with E-state index >= 15 is 0 Å². The van der Waals surface area contributed by atoms with Crippen LogP contribution in [0.1, 0.15) is 13.8 Å². The molecule has 0 N–H and O–H groups in total. The molecule has 0 spiro atoms. The van der Waals surface area contributed by atoms with Gasteiger partial charge in [-0.2, -0.15) is 4.20 Å². The van der Waals surface area contributed by atoms with E-state index < -0.39 is 7.45 Å². The summed E-state index contributed by atoms with van der Waals surface area (Å²) in [6, 6.07) is 0. The average Bonchev–Trinajstić information content (AvgIpc) is 1.31. The van der Waals surface area contributed by atoms with E-state index in [4.69, 9.17) is 0 Å². The zero-order valence-electron chi connectivity index (χ0n) is 4.81. The Balaban J connectivity index is 3.80. The Hall–Kier alpha value is 0.160. The molecule has 0 heterocycles. The van der Waals surface area contributed by atoms with Gasteiger partial charge in [-0.3, -0.25) is 4.57 Å². The topological polar surface area (TPSA) is 17.1 Å². The van der Waals surface area contributed by atoms with E-state index in [1.54, 1.807) is 13.8 Å². The predicted octanol–water partition coefficient (Wildman–Crippen LogP) is 2.27. The van der Waals surface area contributed by atoms with Gasteiger partial charge in [0, 0.05) is 12.3 Å². The summed E-state index contributed by atoms with van der Waals surface area (Å²) in [5.74, 6) is 0. The van der Waals surface area contributed by atoms with Crippen molar-refractivity contribution in [1.82, 2.24) is 0 Å². The van der Waals surface area contributed by atoms with Gasteiger partial charge in [-0.05, 0) is 0 Å². The molecule has 0 amide bonds. The molecular weight excluding hydrogens is 114 g/mol. The summed E-state index contributed by atoms with van der Waals surface area (Å²) >= 11 is 0. The van der Waals surface area contributed by atoms with Gasteiger partial charge in [-0.25, -0.2) is 0 Å². The van der Waals surface area contributed by atoms with Gasteiger partial charge in [0.1, 0.15) is 0 Å². The molecule has 3 heteroatoms. The van der Waals surface area contributed by atoms with Gasteiger partial charge in [0.2, 0.25) is 7.45 Å². The van der Waals surface area contributed by atoms with Gasteiger partial charge in [0.25, 0.3) is 0 Å². The molecule has 0 aromatic carbocycles. The average molecular weight is 124 g/mol. The van der Waals surface area contributed by atoms with E-state index in [9.17, 15) is 8.76 Å². The van der Waals surface area contributed by atoms with Crippen LogP contribution >= 0.6 is 7.45 Å². The van der Waals surface area contributed by atoms with Crippen molar-refractivity contribution in [2.24, 2.45) is 0 Å². The van der Waals surface area contributed by atoms with Crippen molar-refractivity contribution in [3.63, 3.8) is 0 Å². The lowest BCUT2D eigenvalue weighted by Crippen LogP contribution is -1.89. The first-order valence-corrected chi connectivity index (χ1v) is 4.33. The minimum Gasteiger partial charge on any atom is -0.288 e. The molecular formula is C4H10FOP. The van der Waals surface area contributed by atoms with Gasteiger partial charge >= 0.3 is 0 Å². The largest absolute Gasteiger partial charge is 0.288 e. The molecule has 0 rings (SSSR count). The van der Waals surface area contributed by atoms with Crippen LogP contribution < -0.4 is 0 Å². The predicted molar refractivity (Wildman–Crippen MR) is 29.8 cm³/mol. The van der Waals surface area contributed by atoms with Gasteiger partial charge in [-0.1, -0.05) is 13.8 Å². The third-order valence-corrected chi connectivity index (χ3v) is 2.77. The van der Waals surface area contributed by atoms with Gasteiger partial charge in [0.15, 0.2) is 0 Å². The van der Waals surface area contributed by atoms with E-state index in [1.165, 1.54) is 0 Å². The third kappa shape index (κ3) is 2.81. The van der Waals surface area contributed by atoms with Crippen LogP contribution in [0.5, 0.6) is 0 Å². The van der Waals surface area contributed by atoms with Crippen molar-refractivity contribution in [3.8, 4) is 0 Å². The lowest BCUT2D eigenvalue weighted by Gasteiger charge is -2.03. The summed E-state index contributed by atoms with van der Waals surface area (Å²) in [6.07, 6.45) is 0. The summed E-state index contributed by atoms with van der Waals surface area (Å²) in [6.45, 7) is 4.37. The fourth-order valence-corrected chi connectivity index (χ4v) is 0. The van der Waals surface area contributed by atoms with Crippen molar-refractivity contribution in [2.75, 3.05) is 6.66 Å². The minimum atomic E-state index is -3.24. The van der Waals surface area contributed by atoms with Crippen LogP contribution in [0, 0.1) is 0 Å². The molecule has 0 aromatic rings. The van der Waals surface area contributed by atoms with E-state index in [1.807, 2.05) is 0 Å². The zero-order chi connectivity index (χ0) is 6.08. The van der Waals surface area contributed by atoms with E-state index in [0.29, 0.717) is 0 Å². The van der Waals surface area contributed by atoms with Crippen LogP contribution in [0.3, 0.4) is 0 Å². The molecule has 1 atom stereocenters. The summed E-state index contributed by atoms with van der Waals surface area (Å²) in [5.41, 5.74) is -0.313. The second-order valence-electron chi connectivity index (χ2n) is 1.98. The first-order valence-electron chi connectivity index (χ1n) is 2.21. The fourth-order valence-electron chi connectivity index (χ4n) is 0. The maximum absolute atomic E-state index is 12.1. The number of rotatable bonds is 1. The lowest BCUT2D eigenvalue weighted by atomic mass is 10.6. The normalized spacial score (nSPS) is 19.6. The van der Waals surface area contributed by atoms with Crippen LogP contribution in [-0.4, -0.2) is 12.3 Å². The molecule has 44 valence electrons. The SMILES string of the molecule is CC(C)P(C)(=O)F. The zero-order valence-corrected chi connectivity index (χ0v) is 5.71. The fraction of sp³-hybridized carbons (Fsp3) is 1.00. The van der Waals surface area contributed by atoms with Crippen molar-refractivity contribution in [3.05, 3.63) is 0 Å². The molecule has 0 aromatic heterocycles. The molecule has 1 nitrogen and oxygen atoms in total. The highest BCUT2D eigenvalue weighted by atomic mass is 31.2. The minimum absolute atomic E-state index is 0.313. The summed E-state index contributed by atoms with van der Waals surface area (Å²) in [4.78, 5) is 0. The van der Waals surface area contributed by atoms with Crippen molar-refractivity contribution >= 4 is 7.45 Å². The Morgan fingerprint density at radius 3 is 1.71 bits per heavy atom. The standard InChI is InChI=1S/C4H10FOP/c1-4(2)7(3,5)6/h4H,1-3H3. The van der Waals surface area contributed by atoms with Gasteiger partial charge in [0.05, 0.1) is 0 Å². The summed E-state index contributed by atoms with van der Waals surface area (Å²) < 4.78 is 22.3. The molecule has 0 bridgehead atoms. The quantitative estimate of drug-likeness (QED) is 0.490. The number of hydrogen-bond donors (Lipinski definition) is 0. The Labute approximate surface area is 43.4 Å². The second-order valence-corrected chi connectivity index (χ2v) is 4.77. The van der Waals surface area contributed by atoms with Gasteiger partial charge < -0.3 is 0 Å². The Kier molecular flexibility index (Phi) is 2.00. The van der Waals surface area contributed by atoms with Crippen LogP contribution in [-0.2, 0) is 4.57 Å². The molecule has 0 aliphatic heterocycles. The van der Waals surface area contributed by atoms with Crippen molar-refractivity contribution in [1.29, 1.82) is 0 Å². The molecule has 0 saturated heterocycles. The van der Waals surface area contributed by atoms with E-state index in [0.717, 1.165) is 6.66 Å². The summed E-state index contributed by atoms with van der Waals surface area (Å²) in [5, 5.41) is 0. The molecule has 0 radical (unpaired) electrons. The Morgan fingerprint density at radius 1 is 1.57 bits per heavy atom. The highest BCUT2D eigenvalue weighted by Gasteiger charge is 2.16. The molecule has 7 heavy (non-hydrogen) atoms. The molecule has 0 fully saturated rings. The monoisotopic (exact) mass is 124 g/mol. The second kappa shape index (κ2) is 1.95. The van der Waals surface area contributed by atoms with E-state index in [-0.39, 0.29) is 5.66 Å². The maximum Gasteiger partial charge on any atom is 0.243 e. The molecule has 0 aliphatic carbocycles. The first-order chi connectivity index (χ1) is 2.94. The smallest absolute Gasteiger partial charge is 0.243 e. The highest BCUT2D eigenvalue weighted by Crippen LogP contribution is 2.47. The number of hydrogen-bond acceptors (Lipinski definition) is 1. The van der Waals surface area contributed by atoms with Crippen molar-refractivity contribution < 1.29 is 8.76 Å². The van der Waals surface area contributed by atoms with Crippen LogP contribution in [0.15, 0.2) is 0 Å². The Bertz CT molecular complexity index is 93.9. The van der Waals surface area contributed by atoms with Crippen LogP contribution in [0.4, 0.5) is 4.20 Å². The lowest BCUT2D eigenvalue weighted by molar-refractivity contribution is 0.537. The summed E-state index contributed by atoms with van der Waals surface area (Å²) in [7, 11) is -3.24. The van der Waals surface area contributed by atoms with Gasteiger partial charge in [-0.15, -0.1) is 0 Å². The Morgan fingerprint density at radius 2 is 1.71 bits per heavy atom. The maximum atomic E-state index is 12.1. The third-order valence-electron chi connectivity index (χ3n) is 0.922. The van der Waals surface area contributed by atoms with E-state index in [2.05, 4.69) is 0 Å². The molecule has 0 aliphatic rings. The van der Waals surface area contributed by atoms with Crippen LogP contribution in [0.2, 0.25) is 0 Å². The first kappa shape index (κ1) is 7.16. The van der Waals surface area contributed by atoms with Crippen LogP contribution in [0.25, 0.3) is 0 Å². The number of halogens is 1. The highest BCUT2D eigenvalue weighted by molar-refractivity contribution is 7.58. The molecule has 1 unspecified atom stereocenters.